The Morgan fingerprint density at radius 2 is 2.00 bits per heavy atom. The number of carbonyl (C=O) groups excluding carboxylic acids is 1. The van der Waals surface area contributed by atoms with Crippen LogP contribution in [0, 0.1) is 13.8 Å². The first kappa shape index (κ1) is 16.9. The topological polar surface area (TPSA) is 90.0 Å². The Kier molecular flexibility index (Phi) is 4.37. The minimum Gasteiger partial charge on any atom is -0.345 e. The molecule has 8 heteroatoms. The SMILES string of the molecule is Cc1ccc(Cn2cc(CNC(=O)c3c(C)nc4ncccn34)nn2)cc1. The van der Waals surface area contributed by atoms with Crippen molar-refractivity contribution in [2.75, 3.05) is 0 Å². The number of aryl methyl sites for hydroxylation is 2. The van der Waals surface area contributed by atoms with Gasteiger partial charge in [0.25, 0.3) is 5.91 Å². The molecule has 0 fully saturated rings. The van der Waals surface area contributed by atoms with Gasteiger partial charge in [-0.2, -0.15) is 0 Å². The molecule has 3 aromatic heterocycles. The third-order valence-corrected chi connectivity index (χ3v) is 4.27. The Morgan fingerprint density at radius 1 is 1.19 bits per heavy atom. The molecule has 4 rings (SSSR count). The van der Waals surface area contributed by atoms with E-state index in [4.69, 9.17) is 0 Å². The summed E-state index contributed by atoms with van der Waals surface area (Å²) in [5, 5.41) is 11.1. The fraction of sp³-hybridized carbons (Fsp3) is 0.211. The molecule has 0 aliphatic rings. The normalized spacial score (nSPS) is 11.0. The van der Waals surface area contributed by atoms with Crippen molar-refractivity contribution in [2.45, 2.75) is 26.9 Å². The lowest BCUT2D eigenvalue weighted by Crippen LogP contribution is -2.25. The van der Waals surface area contributed by atoms with Gasteiger partial charge in [-0.3, -0.25) is 9.20 Å². The molecule has 0 spiro atoms. The highest BCUT2D eigenvalue weighted by atomic mass is 16.2. The predicted octanol–water partition coefficient (Wildman–Crippen LogP) is 1.92. The molecule has 0 saturated carbocycles. The fourth-order valence-corrected chi connectivity index (χ4v) is 2.90. The van der Waals surface area contributed by atoms with Crippen molar-refractivity contribution in [1.29, 1.82) is 0 Å². The van der Waals surface area contributed by atoms with Crippen molar-refractivity contribution in [1.82, 2.24) is 34.7 Å². The van der Waals surface area contributed by atoms with E-state index in [9.17, 15) is 4.79 Å². The minimum absolute atomic E-state index is 0.221. The first-order chi connectivity index (χ1) is 13.1. The van der Waals surface area contributed by atoms with Crippen LogP contribution in [0.3, 0.4) is 0 Å². The first-order valence-corrected chi connectivity index (χ1v) is 8.62. The summed E-state index contributed by atoms with van der Waals surface area (Å²) in [6.07, 6.45) is 5.26. The smallest absolute Gasteiger partial charge is 0.270 e. The molecule has 1 N–H and O–H groups in total. The molecule has 136 valence electrons. The number of carbonyl (C=O) groups is 1. The van der Waals surface area contributed by atoms with Gasteiger partial charge in [0.15, 0.2) is 0 Å². The average Bonchev–Trinajstić information content (AvgIpc) is 3.24. The Bertz CT molecular complexity index is 1090. The zero-order valence-corrected chi connectivity index (χ0v) is 15.1. The number of nitrogens with one attached hydrogen (secondary N) is 1. The fourth-order valence-electron chi connectivity index (χ4n) is 2.90. The van der Waals surface area contributed by atoms with E-state index in [-0.39, 0.29) is 5.91 Å². The maximum atomic E-state index is 12.6. The van der Waals surface area contributed by atoms with Crippen LogP contribution in [0.1, 0.15) is 33.0 Å². The molecule has 3 heterocycles. The maximum Gasteiger partial charge on any atom is 0.270 e. The zero-order chi connectivity index (χ0) is 18.8. The molecule has 0 radical (unpaired) electrons. The van der Waals surface area contributed by atoms with Gasteiger partial charge in [0.2, 0.25) is 5.78 Å². The van der Waals surface area contributed by atoms with E-state index in [1.54, 1.807) is 34.5 Å². The Labute approximate surface area is 155 Å². The molecule has 0 atom stereocenters. The van der Waals surface area contributed by atoms with Gasteiger partial charge in [0, 0.05) is 12.4 Å². The van der Waals surface area contributed by atoms with Crippen LogP contribution in [-0.2, 0) is 13.1 Å². The number of fused-ring (bicyclic) bond motifs is 1. The van der Waals surface area contributed by atoms with E-state index in [0.717, 1.165) is 5.56 Å². The van der Waals surface area contributed by atoms with Gasteiger partial charge < -0.3 is 5.32 Å². The summed E-state index contributed by atoms with van der Waals surface area (Å²) < 4.78 is 3.44. The third-order valence-electron chi connectivity index (χ3n) is 4.27. The largest absolute Gasteiger partial charge is 0.345 e. The maximum absolute atomic E-state index is 12.6. The van der Waals surface area contributed by atoms with E-state index >= 15 is 0 Å². The number of nitrogens with zero attached hydrogens (tertiary/aromatic N) is 6. The van der Waals surface area contributed by atoms with Gasteiger partial charge in [-0.25, -0.2) is 14.6 Å². The number of rotatable bonds is 5. The quantitative estimate of drug-likeness (QED) is 0.586. The Balaban J connectivity index is 1.43. The summed E-state index contributed by atoms with van der Waals surface area (Å²) in [5.74, 6) is 0.283. The van der Waals surface area contributed by atoms with E-state index in [1.165, 1.54) is 5.56 Å². The summed E-state index contributed by atoms with van der Waals surface area (Å²) in [7, 11) is 0. The molecule has 0 aliphatic heterocycles. The number of imidazole rings is 1. The van der Waals surface area contributed by atoms with Crippen LogP contribution >= 0.6 is 0 Å². The highest BCUT2D eigenvalue weighted by molar-refractivity contribution is 5.94. The molecule has 1 aromatic carbocycles. The van der Waals surface area contributed by atoms with Crippen molar-refractivity contribution in [3.63, 3.8) is 0 Å². The molecular formula is C19H19N7O. The third kappa shape index (κ3) is 3.55. The summed E-state index contributed by atoms with van der Waals surface area (Å²) in [4.78, 5) is 21.1. The van der Waals surface area contributed by atoms with E-state index < -0.39 is 0 Å². The summed E-state index contributed by atoms with van der Waals surface area (Å²) >= 11 is 0. The van der Waals surface area contributed by atoms with Crippen LogP contribution in [0.2, 0.25) is 0 Å². The Hall–Kier alpha value is -3.55. The van der Waals surface area contributed by atoms with Gasteiger partial charge in [-0.15, -0.1) is 5.10 Å². The molecule has 8 nitrogen and oxygen atoms in total. The van der Waals surface area contributed by atoms with Gasteiger partial charge in [-0.1, -0.05) is 35.0 Å². The molecule has 27 heavy (non-hydrogen) atoms. The van der Waals surface area contributed by atoms with Crippen LogP contribution in [0.25, 0.3) is 5.78 Å². The second kappa shape index (κ2) is 6.99. The lowest BCUT2D eigenvalue weighted by molar-refractivity contribution is 0.0944. The summed E-state index contributed by atoms with van der Waals surface area (Å²) in [5.41, 5.74) is 4.17. The standard InChI is InChI=1S/C19H19N7O/c1-13-4-6-15(7-5-13)11-25-12-16(23-24-25)10-21-18(27)17-14(2)22-19-20-8-3-9-26(17)19/h3-9,12H,10-11H2,1-2H3,(H,21,27). The van der Waals surface area contributed by atoms with Gasteiger partial charge in [0.1, 0.15) is 11.4 Å². The molecule has 0 aliphatic carbocycles. The van der Waals surface area contributed by atoms with Crippen molar-refractivity contribution in [3.05, 3.63) is 77.1 Å². The molecule has 1 amide bonds. The van der Waals surface area contributed by atoms with E-state index in [0.29, 0.717) is 35.9 Å². The predicted molar refractivity (Wildman–Crippen MR) is 99.2 cm³/mol. The van der Waals surface area contributed by atoms with Gasteiger partial charge >= 0.3 is 0 Å². The van der Waals surface area contributed by atoms with E-state index in [1.807, 2.05) is 6.20 Å². The summed E-state index contributed by atoms with van der Waals surface area (Å²) in [6, 6.07) is 10.0. The molecule has 0 bridgehead atoms. The van der Waals surface area contributed by atoms with Gasteiger partial charge in [-0.05, 0) is 25.5 Å². The van der Waals surface area contributed by atoms with Crippen LogP contribution in [0.15, 0.2) is 48.9 Å². The van der Waals surface area contributed by atoms with Crippen LogP contribution in [-0.4, -0.2) is 35.3 Å². The van der Waals surface area contributed by atoms with Crippen molar-refractivity contribution < 1.29 is 4.79 Å². The summed E-state index contributed by atoms with van der Waals surface area (Å²) in [6.45, 7) is 4.78. The number of hydrogen-bond acceptors (Lipinski definition) is 5. The van der Waals surface area contributed by atoms with Crippen molar-refractivity contribution >= 4 is 11.7 Å². The van der Waals surface area contributed by atoms with Crippen LogP contribution < -0.4 is 5.32 Å². The van der Waals surface area contributed by atoms with Gasteiger partial charge in [0.05, 0.1) is 25.0 Å². The number of benzene rings is 1. The molecule has 0 unspecified atom stereocenters. The minimum atomic E-state index is -0.221. The monoisotopic (exact) mass is 361 g/mol. The number of amides is 1. The van der Waals surface area contributed by atoms with Crippen LogP contribution in [0.5, 0.6) is 0 Å². The zero-order valence-electron chi connectivity index (χ0n) is 15.1. The van der Waals surface area contributed by atoms with Crippen molar-refractivity contribution in [2.24, 2.45) is 0 Å². The lowest BCUT2D eigenvalue weighted by Gasteiger charge is -2.04. The molecule has 4 aromatic rings. The second-order valence-corrected chi connectivity index (χ2v) is 6.41. The first-order valence-electron chi connectivity index (χ1n) is 8.62. The average molecular weight is 361 g/mol. The van der Waals surface area contributed by atoms with Crippen LogP contribution in [0.4, 0.5) is 0 Å². The van der Waals surface area contributed by atoms with Crippen molar-refractivity contribution in [3.8, 4) is 0 Å². The van der Waals surface area contributed by atoms with E-state index in [2.05, 4.69) is 56.8 Å². The molecular weight excluding hydrogens is 342 g/mol. The highest BCUT2D eigenvalue weighted by Gasteiger charge is 2.17. The number of aromatic nitrogens is 6. The number of hydrogen-bond donors (Lipinski definition) is 1. The second-order valence-electron chi connectivity index (χ2n) is 6.41. The Morgan fingerprint density at radius 3 is 2.81 bits per heavy atom. The lowest BCUT2D eigenvalue weighted by atomic mass is 10.1. The molecule has 0 saturated heterocycles. The highest BCUT2D eigenvalue weighted by Crippen LogP contribution is 2.10.